The maximum atomic E-state index is 12.8. The van der Waals surface area contributed by atoms with Crippen LogP contribution in [0.3, 0.4) is 0 Å². The third-order valence-corrected chi connectivity index (χ3v) is 5.25. The SMILES string of the molecule is O=C(c1cnc2c(c1)ncn2CCc1ccccc1)N1CCN(CC(F)(F)F)CC1. The van der Waals surface area contributed by atoms with Crippen LogP contribution in [0, 0.1) is 0 Å². The first-order valence-corrected chi connectivity index (χ1v) is 9.82. The van der Waals surface area contributed by atoms with Gasteiger partial charge in [-0.05, 0) is 18.1 Å². The van der Waals surface area contributed by atoms with Gasteiger partial charge in [0.1, 0.15) is 5.52 Å². The number of fused-ring (bicyclic) bond motifs is 1. The Bertz CT molecular complexity index is 1010. The zero-order chi connectivity index (χ0) is 21.1. The van der Waals surface area contributed by atoms with E-state index in [1.807, 2.05) is 22.8 Å². The monoisotopic (exact) mass is 417 g/mol. The van der Waals surface area contributed by atoms with Crippen LogP contribution in [0.15, 0.2) is 48.9 Å². The summed E-state index contributed by atoms with van der Waals surface area (Å²) >= 11 is 0. The Kier molecular flexibility index (Phi) is 5.72. The van der Waals surface area contributed by atoms with Gasteiger partial charge >= 0.3 is 6.18 Å². The fourth-order valence-corrected chi connectivity index (χ4v) is 3.67. The van der Waals surface area contributed by atoms with Crippen molar-refractivity contribution in [2.24, 2.45) is 0 Å². The second-order valence-corrected chi connectivity index (χ2v) is 7.42. The third kappa shape index (κ3) is 4.79. The second-order valence-electron chi connectivity index (χ2n) is 7.42. The quantitative estimate of drug-likeness (QED) is 0.641. The van der Waals surface area contributed by atoms with E-state index >= 15 is 0 Å². The van der Waals surface area contributed by atoms with Crippen molar-refractivity contribution in [3.63, 3.8) is 0 Å². The van der Waals surface area contributed by atoms with Crippen molar-refractivity contribution in [3.8, 4) is 0 Å². The van der Waals surface area contributed by atoms with E-state index in [0.717, 1.165) is 13.0 Å². The topological polar surface area (TPSA) is 54.3 Å². The average Bonchev–Trinajstić information content (AvgIpc) is 3.14. The van der Waals surface area contributed by atoms with Crippen LogP contribution < -0.4 is 0 Å². The summed E-state index contributed by atoms with van der Waals surface area (Å²) in [6.07, 6.45) is -0.143. The molecule has 0 atom stereocenters. The van der Waals surface area contributed by atoms with Gasteiger partial charge in [0.15, 0.2) is 5.65 Å². The van der Waals surface area contributed by atoms with Crippen molar-refractivity contribution in [1.82, 2.24) is 24.3 Å². The molecular weight excluding hydrogens is 395 g/mol. The molecule has 1 aliphatic heterocycles. The number of benzene rings is 1. The number of pyridine rings is 1. The molecule has 0 saturated carbocycles. The molecule has 3 heterocycles. The van der Waals surface area contributed by atoms with Crippen LogP contribution in [0.5, 0.6) is 0 Å². The molecule has 0 bridgehead atoms. The average molecular weight is 417 g/mol. The third-order valence-electron chi connectivity index (χ3n) is 5.25. The van der Waals surface area contributed by atoms with Gasteiger partial charge in [-0.2, -0.15) is 13.2 Å². The van der Waals surface area contributed by atoms with Gasteiger partial charge in [0, 0.05) is 38.9 Å². The molecule has 0 spiro atoms. The van der Waals surface area contributed by atoms with Crippen molar-refractivity contribution in [1.29, 1.82) is 0 Å². The normalized spacial score (nSPS) is 15.6. The predicted octanol–water partition coefficient (Wildman–Crippen LogP) is 2.99. The predicted molar refractivity (Wildman–Crippen MR) is 106 cm³/mol. The molecule has 0 aliphatic carbocycles. The number of aromatic nitrogens is 3. The van der Waals surface area contributed by atoms with Crippen molar-refractivity contribution in [2.75, 3.05) is 32.7 Å². The highest BCUT2D eigenvalue weighted by Gasteiger charge is 2.33. The number of imidazole rings is 1. The van der Waals surface area contributed by atoms with E-state index in [4.69, 9.17) is 0 Å². The number of alkyl halides is 3. The van der Waals surface area contributed by atoms with Gasteiger partial charge in [-0.3, -0.25) is 9.69 Å². The number of amides is 1. The Balaban J connectivity index is 1.40. The zero-order valence-corrected chi connectivity index (χ0v) is 16.3. The Morgan fingerprint density at radius 3 is 2.47 bits per heavy atom. The van der Waals surface area contributed by atoms with Gasteiger partial charge in [-0.25, -0.2) is 9.97 Å². The summed E-state index contributed by atoms with van der Waals surface area (Å²) in [6.45, 7) is 0.714. The van der Waals surface area contributed by atoms with E-state index in [0.29, 0.717) is 16.7 Å². The fourth-order valence-electron chi connectivity index (χ4n) is 3.67. The molecule has 0 radical (unpaired) electrons. The van der Waals surface area contributed by atoms with Gasteiger partial charge < -0.3 is 9.47 Å². The molecule has 0 unspecified atom stereocenters. The molecule has 0 N–H and O–H groups in total. The molecule has 30 heavy (non-hydrogen) atoms. The Morgan fingerprint density at radius 1 is 1.03 bits per heavy atom. The number of halogens is 3. The van der Waals surface area contributed by atoms with E-state index < -0.39 is 12.7 Å². The van der Waals surface area contributed by atoms with Crippen molar-refractivity contribution < 1.29 is 18.0 Å². The van der Waals surface area contributed by atoms with Gasteiger partial charge in [0.25, 0.3) is 5.91 Å². The van der Waals surface area contributed by atoms with Crippen molar-refractivity contribution >= 4 is 17.1 Å². The number of rotatable bonds is 5. The fraction of sp³-hybridized carbons (Fsp3) is 0.381. The molecule has 1 saturated heterocycles. The van der Waals surface area contributed by atoms with Gasteiger partial charge in [0.05, 0.1) is 18.4 Å². The molecule has 1 fully saturated rings. The maximum Gasteiger partial charge on any atom is 0.401 e. The summed E-state index contributed by atoms with van der Waals surface area (Å²) in [6, 6.07) is 11.8. The lowest BCUT2D eigenvalue weighted by atomic mass is 10.1. The molecule has 2 aromatic heterocycles. The minimum atomic E-state index is -4.22. The number of carbonyl (C=O) groups excluding carboxylic acids is 1. The zero-order valence-electron chi connectivity index (χ0n) is 16.3. The number of hydrogen-bond donors (Lipinski definition) is 0. The van der Waals surface area contributed by atoms with Crippen LogP contribution in [-0.4, -0.2) is 69.1 Å². The lowest BCUT2D eigenvalue weighted by Crippen LogP contribution is -2.50. The van der Waals surface area contributed by atoms with Gasteiger partial charge in [0.2, 0.25) is 0 Å². The molecule has 1 amide bonds. The molecular formula is C21H22F3N5O. The van der Waals surface area contributed by atoms with Gasteiger partial charge in [-0.1, -0.05) is 30.3 Å². The number of nitrogens with zero attached hydrogens (tertiary/aromatic N) is 5. The highest BCUT2D eigenvalue weighted by Crippen LogP contribution is 2.19. The van der Waals surface area contributed by atoms with Crippen LogP contribution in [0.2, 0.25) is 0 Å². The molecule has 1 aliphatic rings. The number of piperazine rings is 1. The first-order chi connectivity index (χ1) is 14.4. The standard InChI is InChI=1S/C21H22F3N5O/c22-21(23,24)14-27-8-10-28(11-9-27)20(30)17-12-18-19(25-13-17)29(15-26-18)7-6-16-4-2-1-3-5-16/h1-5,12-13,15H,6-11,14H2. The molecule has 158 valence electrons. The number of hydrogen-bond acceptors (Lipinski definition) is 4. The minimum Gasteiger partial charge on any atom is -0.336 e. The van der Waals surface area contributed by atoms with E-state index in [1.54, 1.807) is 17.3 Å². The lowest BCUT2D eigenvalue weighted by Gasteiger charge is -2.34. The van der Waals surface area contributed by atoms with E-state index in [-0.39, 0.29) is 32.1 Å². The van der Waals surface area contributed by atoms with Crippen LogP contribution in [0.25, 0.3) is 11.2 Å². The highest BCUT2D eigenvalue weighted by atomic mass is 19.4. The first-order valence-electron chi connectivity index (χ1n) is 9.82. The smallest absolute Gasteiger partial charge is 0.336 e. The van der Waals surface area contributed by atoms with Crippen LogP contribution in [0.4, 0.5) is 13.2 Å². The molecule has 1 aromatic carbocycles. The Labute approximate surface area is 171 Å². The number of carbonyl (C=O) groups is 1. The molecule has 6 nitrogen and oxygen atoms in total. The van der Waals surface area contributed by atoms with E-state index in [9.17, 15) is 18.0 Å². The molecule has 3 aromatic rings. The van der Waals surface area contributed by atoms with Crippen LogP contribution in [0.1, 0.15) is 15.9 Å². The van der Waals surface area contributed by atoms with Crippen molar-refractivity contribution in [3.05, 3.63) is 60.0 Å². The summed E-state index contributed by atoms with van der Waals surface area (Å²) in [5.41, 5.74) is 2.96. The molecule has 4 rings (SSSR count). The summed E-state index contributed by atoms with van der Waals surface area (Å²) in [5.74, 6) is -0.227. The van der Waals surface area contributed by atoms with E-state index in [2.05, 4.69) is 22.1 Å². The molecule has 9 heteroatoms. The first kappa shape index (κ1) is 20.3. The Morgan fingerprint density at radius 2 is 1.77 bits per heavy atom. The summed E-state index contributed by atoms with van der Waals surface area (Å²) in [4.78, 5) is 24.4. The van der Waals surface area contributed by atoms with Gasteiger partial charge in [-0.15, -0.1) is 0 Å². The summed E-state index contributed by atoms with van der Waals surface area (Å²) in [7, 11) is 0. The Hall–Kier alpha value is -2.94. The van der Waals surface area contributed by atoms with E-state index in [1.165, 1.54) is 16.7 Å². The second kappa shape index (κ2) is 8.43. The maximum absolute atomic E-state index is 12.8. The highest BCUT2D eigenvalue weighted by molar-refractivity contribution is 5.96. The van der Waals surface area contributed by atoms with Crippen LogP contribution in [-0.2, 0) is 13.0 Å². The number of aryl methyl sites for hydroxylation is 2. The lowest BCUT2D eigenvalue weighted by molar-refractivity contribution is -0.148. The summed E-state index contributed by atoms with van der Waals surface area (Å²) in [5, 5.41) is 0. The van der Waals surface area contributed by atoms with Crippen molar-refractivity contribution in [2.45, 2.75) is 19.1 Å². The minimum absolute atomic E-state index is 0.203. The van der Waals surface area contributed by atoms with Crippen LogP contribution >= 0.6 is 0 Å². The summed E-state index contributed by atoms with van der Waals surface area (Å²) < 4.78 is 39.5. The largest absolute Gasteiger partial charge is 0.401 e.